The molecule has 4 rings (SSSR count). The number of carbonyl (C=O) groups is 2. The van der Waals surface area contributed by atoms with E-state index in [4.69, 9.17) is 10.8 Å². The number of aromatic nitrogens is 1. The summed E-state index contributed by atoms with van der Waals surface area (Å²) in [5.41, 5.74) is 2.42. The first-order chi connectivity index (χ1) is 16.2. The maximum absolute atomic E-state index is 13.1. The average molecular weight is 464 g/mol. The van der Waals surface area contributed by atoms with E-state index in [2.05, 4.69) is 15.6 Å². The molecule has 1 aromatic heterocycles. The van der Waals surface area contributed by atoms with Gasteiger partial charge in [0.05, 0.1) is 5.54 Å². The molecule has 1 unspecified atom stereocenters. The number of pyridine rings is 1. The van der Waals surface area contributed by atoms with Crippen molar-refractivity contribution in [2.45, 2.75) is 64.6 Å². The molecule has 0 bridgehead atoms. The molecule has 3 amide bonds. The summed E-state index contributed by atoms with van der Waals surface area (Å²) in [6, 6.07) is 1.81. The van der Waals surface area contributed by atoms with E-state index in [0.29, 0.717) is 56.3 Å². The number of nitrogens with one attached hydrogen (secondary N) is 4. The van der Waals surface area contributed by atoms with Crippen LogP contribution in [-0.2, 0) is 13.0 Å². The largest absolute Gasteiger partial charge is 0.342 e. The van der Waals surface area contributed by atoms with Gasteiger partial charge in [0, 0.05) is 44.7 Å². The van der Waals surface area contributed by atoms with Crippen LogP contribution in [0.2, 0.25) is 0 Å². The molecule has 1 aromatic rings. The van der Waals surface area contributed by atoms with E-state index in [-0.39, 0.29) is 18.0 Å². The van der Waals surface area contributed by atoms with Crippen LogP contribution in [0.4, 0.5) is 4.79 Å². The molecule has 180 valence electrons. The molecule has 34 heavy (non-hydrogen) atoms. The third-order valence-corrected chi connectivity index (χ3v) is 6.74. The van der Waals surface area contributed by atoms with Crippen molar-refractivity contribution < 1.29 is 9.59 Å². The second kappa shape index (κ2) is 9.40. The number of likely N-dealkylation sites (tertiary alicyclic amines) is 1. The van der Waals surface area contributed by atoms with Crippen LogP contribution in [0.25, 0.3) is 0 Å². The van der Waals surface area contributed by atoms with E-state index in [9.17, 15) is 9.59 Å². The zero-order valence-corrected chi connectivity index (χ0v) is 20.1. The Labute approximate surface area is 200 Å². The fourth-order valence-electron chi connectivity index (χ4n) is 4.83. The fourth-order valence-corrected chi connectivity index (χ4v) is 4.83. The van der Waals surface area contributed by atoms with Crippen molar-refractivity contribution in [2.75, 3.05) is 13.1 Å². The molecular formula is C25H33N7O2. The summed E-state index contributed by atoms with van der Waals surface area (Å²) < 4.78 is 0. The molecule has 4 N–H and O–H groups in total. The lowest BCUT2D eigenvalue weighted by molar-refractivity contribution is 0.0916. The first kappa shape index (κ1) is 23.7. The summed E-state index contributed by atoms with van der Waals surface area (Å²) in [5.74, 6) is 0.510. The third kappa shape index (κ3) is 4.73. The van der Waals surface area contributed by atoms with E-state index < -0.39 is 5.54 Å². The van der Waals surface area contributed by atoms with E-state index in [0.717, 1.165) is 23.1 Å². The van der Waals surface area contributed by atoms with Crippen LogP contribution in [0.1, 0.15) is 61.6 Å². The number of allylic oxidation sites excluding steroid dienone is 2. The first-order valence-electron chi connectivity index (χ1n) is 11.9. The van der Waals surface area contributed by atoms with Crippen LogP contribution in [-0.4, -0.2) is 63.1 Å². The molecule has 0 aromatic carbocycles. The van der Waals surface area contributed by atoms with Gasteiger partial charge in [0.25, 0.3) is 5.91 Å². The van der Waals surface area contributed by atoms with Crippen molar-refractivity contribution in [3.05, 3.63) is 52.9 Å². The highest BCUT2D eigenvalue weighted by atomic mass is 16.2. The molecule has 3 heterocycles. The number of amidine groups is 2. The lowest BCUT2D eigenvalue weighted by Gasteiger charge is -2.34. The maximum atomic E-state index is 13.1. The Morgan fingerprint density at radius 1 is 1.29 bits per heavy atom. The lowest BCUT2D eigenvalue weighted by atomic mass is 9.87. The number of hydrogen-bond acceptors (Lipinski definition) is 5. The molecule has 2 atom stereocenters. The summed E-state index contributed by atoms with van der Waals surface area (Å²) in [6.07, 6.45) is 10.1. The fraction of sp³-hybridized carbons (Fsp3) is 0.480. The molecule has 1 fully saturated rings. The van der Waals surface area contributed by atoms with Crippen molar-refractivity contribution in [2.24, 2.45) is 0 Å². The molecule has 1 saturated heterocycles. The number of rotatable bonds is 4. The monoisotopic (exact) mass is 463 g/mol. The molecule has 0 radical (unpaired) electrons. The average Bonchev–Trinajstić information content (AvgIpc) is 3.15. The smallest absolute Gasteiger partial charge is 0.317 e. The van der Waals surface area contributed by atoms with Gasteiger partial charge in [-0.1, -0.05) is 18.2 Å². The van der Waals surface area contributed by atoms with Crippen LogP contribution in [0.15, 0.2) is 36.1 Å². The van der Waals surface area contributed by atoms with Gasteiger partial charge in [0.15, 0.2) is 0 Å². The SMILES string of the molecule is CCNC(=O)N1CCc2cnc(C(=O)NC3(C)C=CC=C(C(=N)N4C(=N)CC[C@@H]4C)C3)cc2C1. The number of hydrogen-bond donors (Lipinski definition) is 4. The summed E-state index contributed by atoms with van der Waals surface area (Å²) in [7, 11) is 0. The van der Waals surface area contributed by atoms with Gasteiger partial charge in [-0.15, -0.1) is 0 Å². The van der Waals surface area contributed by atoms with Gasteiger partial charge in [-0.2, -0.15) is 0 Å². The van der Waals surface area contributed by atoms with Gasteiger partial charge >= 0.3 is 6.03 Å². The van der Waals surface area contributed by atoms with Crippen molar-refractivity contribution >= 4 is 23.6 Å². The van der Waals surface area contributed by atoms with Crippen LogP contribution < -0.4 is 10.6 Å². The minimum Gasteiger partial charge on any atom is -0.342 e. The highest BCUT2D eigenvalue weighted by molar-refractivity contribution is 6.08. The Hall–Kier alpha value is -3.49. The van der Waals surface area contributed by atoms with E-state index >= 15 is 0 Å². The van der Waals surface area contributed by atoms with Crippen molar-refractivity contribution in [3.63, 3.8) is 0 Å². The number of fused-ring (bicyclic) bond motifs is 1. The predicted molar refractivity (Wildman–Crippen MR) is 131 cm³/mol. The van der Waals surface area contributed by atoms with Crippen LogP contribution in [0.3, 0.4) is 0 Å². The van der Waals surface area contributed by atoms with E-state index in [1.54, 1.807) is 22.1 Å². The molecule has 0 spiro atoms. The molecular weight excluding hydrogens is 430 g/mol. The van der Waals surface area contributed by atoms with Gasteiger partial charge in [0.2, 0.25) is 0 Å². The van der Waals surface area contributed by atoms with Gasteiger partial charge in [-0.05, 0) is 56.4 Å². The molecule has 2 aliphatic heterocycles. The number of amides is 3. The van der Waals surface area contributed by atoms with E-state index in [1.165, 1.54) is 0 Å². The second-order valence-electron chi connectivity index (χ2n) is 9.50. The first-order valence-corrected chi connectivity index (χ1v) is 11.9. The van der Waals surface area contributed by atoms with Gasteiger partial charge in [-0.25, -0.2) is 4.79 Å². The van der Waals surface area contributed by atoms with Crippen LogP contribution in [0, 0.1) is 10.8 Å². The minimum atomic E-state index is -0.677. The Balaban J connectivity index is 1.45. The number of urea groups is 1. The Morgan fingerprint density at radius 2 is 2.09 bits per heavy atom. The normalized spacial score (nSPS) is 23.9. The predicted octanol–water partition coefficient (Wildman–Crippen LogP) is 2.98. The third-order valence-electron chi connectivity index (χ3n) is 6.74. The summed E-state index contributed by atoms with van der Waals surface area (Å²) >= 11 is 0. The minimum absolute atomic E-state index is 0.0991. The summed E-state index contributed by atoms with van der Waals surface area (Å²) in [4.78, 5) is 33.3. The topological polar surface area (TPSA) is 125 Å². The molecule has 1 aliphatic carbocycles. The van der Waals surface area contributed by atoms with Crippen molar-refractivity contribution in [3.8, 4) is 0 Å². The Morgan fingerprint density at radius 3 is 2.79 bits per heavy atom. The maximum Gasteiger partial charge on any atom is 0.317 e. The summed E-state index contributed by atoms with van der Waals surface area (Å²) in [6.45, 7) is 7.50. The lowest BCUT2D eigenvalue weighted by Crippen LogP contribution is -2.48. The highest BCUT2D eigenvalue weighted by Crippen LogP contribution is 2.28. The van der Waals surface area contributed by atoms with Gasteiger partial charge in [0.1, 0.15) is 17.4 Å². The Kier molecular flexibility index (Phi) is 6.54. The summed E-state index contributed by atoms with van der Waals surface area (Å²) in [5, 5.41) is 22.8. The molecule has 0 saturated carbocycles. The molecule has 3 aliphatic rings. The molecule has 9 nitrogen and oxygen atoms in total. The van der Waals surface area contributed by atoms with Crippen LogP contribution in [0.5, 0.6) is 0 Å². The zero-order valence-electron chi connectivity index (χ0n) is 20.1. The van der Waals surface area contributed by atoms with Crippen LogP contribution >= 0.6 is 0 Å². The number of nitrogens with zero attached hydrogens (tertiary/aromatic N) is 3. The zero-order chi connectivity index (χ0) is 24.5. The molecule has 9 heteroatoms. The van der Waals surface area contributed by atoms with E-state index in [1.807, 2.05) is 39.0 Å². The second-order valence-corrected chi connectivity index (χ2v) is 9.50. The quantitative estimate of drug-likeness (QED) is 0.405. The standard InChI is InChI=1S/C25H33N7O2/c1-4-28-24(34)31-11-9-18-14-29-20(12-19(18)15-31)23(33)30-25(3)10-5-6-17(13-25)22(27)32-16(2)7-8-21(32)26/h5-6,10,12,14,16,26-27H,4,7-9,11,13,15H2,1-3H3,(H,28,34)(H,30,33)/t16-,25?/m0/s1. The van der Waals surface area contributed by atoms with Gasteiger partial charge < -0.3 is 20.4 Å². The van der Waals surface area contributed by atoms with Crippen molar-refractivity contribution in [1.29, 1.82) is 10.8 Å². The van der Waals surface area contributed by atoms with Crippen molar-refractivity contribution in [1.82, 2.24) is 25.4 Å². The Bertz CT molecular complexity index is 1090. The number of carbonyl (C=O) groups excluding carboxylic acids is 2. The van der Waals surface area contributed by atoms with Gasteiger partial charge in [-0.3, -0.25) is 20.6 Å². The highest BCUT2D eigenvalue weighted by Gasteiger charge is 2.34.